The van der Waals surface area contributed by atoms with E-state index in [9.17, 15) is 14.4 Å². The lowest BCUT2D eigenvalue weighted by molar-refractivity contribution is -0.131. The Morgan fingerprint density at radius 2 is 1.48 bits per heavy atom. The number of likely N-dealkylation sites (N-methyl/N-ethyl adjacent to an activating group) is 1. The van der Waals surface area contributed by atoms with E-state index in [0.29, 0.717) is 43.6 Å². The van der Waals surface area contributed by atoms with Gasteiger partial charge in [-0.2, -0.15) is 0 Å². The Morgan fingerprint density at radius 1 is 0.759 bits per heavy atom. The number of amides is 3. The average molecular weight is 722 g/mol. The van der Waals surface area contributed by atoms with Crippen molar-refractivity contribution in [3.8, 4) is 11.3 Å². The number of aromatic nitrogens is 1. The molecule has 3 amide bonds. The maximum absolute atomic E-state index is 14.9. The van der Waals surface area contributed by atoms with Crippen LogP contribution in [0.15, 0.2) is 97.1 Å². The second kappa shape index (κ2) is 15.5. The number of fused-ring (bicyclic) bond motifs is 2. The molecule has 0 N–H and O–H groups in total. The number of benzene rings is 4. The molecular formula is C46H51N5O3. The Bertz CT molecular complexity index is 2200. The standard InChI is InChI=1S/C46H51N5O3/c1-31-23-35-15-10-11-16-37(35)30-51(31)46(54)42-27-38-29-50(44(52)25-34-14-12-13-33(24-34)19-21-47(3)4)22-20-36(38)26-41(42)43-28-40(32(2)48(43)5)45(53)49(6)39-17-8-7-9-18-39/h7-18,24,26-28,31H,19-23,25,29-30H2,1-6H3/t31-/m1/s1. The Morgan fingerprint density at radius 3 is 2.24 bits per heavy atom. The summed E-state index contributed by atoms with van der Waals surface area (Å²) in [6.07, 6.45) is 2.75. The van der Waals surface area contributed by atoms with Gasteiger partial charge in [-0.3, -0.25) is 14.4 Å². The number of nitrogens with zero attached hydrogens (tertiary/aromatic N) is 5. The van der Waals surface area contributed by atoms with Crippen molar-refractivity contribution < 1.29 is 14.4 Å². The van der Waals surface area contributed by atoms with Gasteiger partial charge in [-0.15, -0.1) is 0 Å². The fourth-order valence-corrected chi connectivity index (χ4v) is 7.97. The summed E-state index contributed by atoms with van der Waals surface area (Å²) in [5.74, 6) is -0.0571. The zero-order chi connectivity index (χ0) is 38.1. The molecule has 0 bridgehead atoms. The number of hydrogen-bond donors (Lipinski definition) is 0. The topological polar surface area (TPSA) is 69.1 Å². The lowest BCUT2D eigenvalue weighted by atomic mass is 9.89. The maximum Gasteiger partial charge on any atom is 0.259 e. The minimum atomic E-state index is -0.106. The van der Waals surface area contributed by atoms with Gasteiger partial charge in [0.15, 0.2) is 0 Å². The normalized spacial score (nSPS) is 15.2. The van der Waals surface area contributed by atoms with Crippen LogP contribution in [0.5, 0.6) is 0 Å². The van der Waals surface area contributed by atoms with Gasteiger partial charge in [0.2, 0.25) is 5.91 Å². The van der Waals surface area contributed by atoms with E-state index in [1.54, 1.807) is 11.9 Å². The third kappa shape index (κ3) is 7.48. The summed E-state index contributed by atoms with van der Waals surface area (Å²) in [7, 11) is 7.90. The molecule has 8 nitrogen and oxygen atoms in total. The fourth-order valence-electron chi connectivity index (χ4n) is 7.97. The van der Waals surface area contributed by atoms with Crippen LogP contribution >= 0.6 is 0 Å². The van der Waals surface area contributed by atoms with Gasteiger partial charge in [-0.1, -0.05) is 66.7 Å². The summed E-state index contributed by atoms with van der Waals surface area (Å²) < 4.78 is 2.03. The second-order valence-corrected chi connectivity index (χ2v) is 15.3. The van der Waals surface area contributed by atoms with Crippen molar-refractivity contribution in [2.75, 3.05) is 39.1 Å². The van der Waals surface area contributed by atoms with Gasteiger partial charge < -0.3 is 24.2 Å². The van der Waals surface area contributed by atoms with Crippen LogP contribution in [-0.2, 0) is 50.6 Å². The quantitative estimate of drug-likeness (QED) is 0.163. The first-order valence-electron chi connectivity index (χ1n) is 19.0. The minimum Gasteiger partial charge on any atom is -0.347 e. The van der Waals surface area contributed by atoms with Crippen LogP contribution in [-0.4, -0.2) is 77.3 Å². The largest absolute Gasteiger partial charge is 0.347 e. The molecule has 1 aromatic heterocycles. The smallest absolute Gasteiger partial charge is 0.259 e. The Labute approximate surface area is 319 Å². The highest BCUT2D eigenvalue weighted by atomic mass is 16.2. The number of anilines is 1. The summed E-state index contributed by atoms with van der Waals surface area (Å²) in [5.41, 5.74) is 11.3. The van der Waals surface area contributed by atoms with Crippen LogP contribution in [0, 0.1) is 6.92 Å². The Hall–Kier alpha value is -5.47. The van der Waals surface area contributed by atoms with Crippen LogP contribution in [0.4, 0.5) is 5.69 Å². The second-order valence-electron chi connectivity index (χ2n) is 15.3. The molecule has 0 radical (unpaired) electrons. The Kier molecular flexibility index (Phi) is 10.6. The molecule has 278 valence electrons. The van der Waals surface area contributed by atoms with E-state index in [0.717, 1.165) is 64.3 Å². The third-order valence-corrected chi connectivity index (χ3v) is 11.4. The number of rotatable bonds is 9. The van der Waals surface area contributed by atoms with E-state index in [2.05, 4.69) is 62.3 Å². The van der Waals surface area contributed by atoms with Gasteiger partial charge in [-0.25, -0.2) is 0 Å². The molecule has 0 fully saturated rings. The highest BCUT2D eigenvalue weighted by Gasteiger charge is 2.32. The summed E-state index contributed by atoms with van der Waals surface area (Å²) >= 11 is 0. The predicted octanol–water partition coefficient (Wildman–Crippen LogP) is 7.10. The van der Waals surface area contributed by atoms with Crippen LogP contribution in [0.3, 0.4) is 0 Å². The van der Waals surface area contributed by atoms with Gasteiger partial charge in [0, 0.05) is 74.5 Å². The molecule has 3 heterocycles. The highest BCUT2D eigenvalue weighted by Crippen LogP contribution is 2.36. The fraction of sp³-hybridized carbons (Fsp3) is 0.326. The predicted molar refractivity (Wildman–Crippen MR) is 216 cm³/mol. The summed E-state index contributed by atoms with van der Waals surface area (Å²) in [6, 6.07) is 32.5. The zero-order valence-corrected chi connectivity index (χ0v) is 32.4. The first-order chi connectivity index (χ1) is 26.0. The molecule has 1 atom stereocenters. The van der Waals surface area contributed by atoms with Crippen LogP contribution in [0.2, 0.25) is 0 Å². The van der Waals surface area contributed by atoms with Crippen molar-refractivity contribution in [3.63, 3.8) is 0 Å². The molecule has 0 aliphatic carbocycles. The van der Waals surface area contributed by atoms with Crippen LogP contribution < -0.4 is 4.90 Å². The SMILES string of the molecule is Cc1c(C(=O)N(C)c2ccccc2)cc(-c2cc3c(cc2C(=O)N2Cc4ccccc4C[C@H]2C)CN(C(=O)Cc2cccc(CCN(C)C)c2)CC3)n1C. The van der Waals surface area contributed by atoms with Gasteiger partial charge in [0.25, 0.3) is 11.8 Å². The van der Waals surface area contributed by atoms with E-state index in [1.165, 1.54) is 11.1 Å². The van der Waals surface area contributed by atoms with Crippen LogP contribution in [0.1, 0.15) is 66.7 Å². The highest BCUT2D eigenvalue weighted by molar-refractivity contribution is 6.08. The number of para-hydroxylation sites is 1. The molecule has 8 heteroatoms. The zero-order valence-electron chi connectivity index (χ0n) is 32.4. The van der Waals surface area contributed by atoms with Crippen LogP contribution in [0.25, 0.3) is 11.3 Å². The van der Waals surface area contributed by atoms with Crippen molar-refractivity contribution in [2.45, 2.75) is 58.7 Å². The number of hydrogen-bond acceptors (Lipinski definition) is 4. The molecule has 0 unspecified atom stereocenters. The van der Waals surface area contributed by atoms with E-state index in [-0.39, 0.29) is 23.8 Å². The van der Waals surface area contributed by atoms with Gasteiger partial charge in [0.1, 0.15) is 0 Å². The van der Waals surface area contributed by atoms with Crippen molar-refractivity contribution in [3.05, 3.63) is 147 Å². The maximum atomic E-state index is 14.9. The molecule has 0 saturated heterocycles. The molecule has 2 aliphatic heterocycles. The molecule has 2 aliphatic rings. The van der Waals surface area contributed by atoms with Gasteiger partial charge in [-0.05, 0) is 111 Å². The van der Waals surface area contributed by atoms with Crippen molar-refractivity contribution >= 4 is 23.4 Å². The van der Waals surface area contributed by atoms with Gasteiger partial charge in [0.05, 0.1) is 12.0 Å². The van der Waals surface area contributed by atoms with E-state index in [4.69, 9.17) is 0 Å². The molecule has 5 aromatic rings. The summed E-state index contributed by atoms with van der Waals surface area (Å²) in [5, 5.41) is 0. The molecule has 0 saturated carbocycles. The first kappa shape index (κ1) is 36.9. The lowest BCUT2D eigenvalue weighted by Gasteiger charge is -2.36. The summed E-state index contributed by atoms with van der Waals surface area (Å²) in [6.45, 7) is 6.62. The lowest BCUT2D eigenvalue weighted by Crippen LogP contribution is -2.43. The molecule has 4 aromatic carbocycles. The molecule has 7 rings (SSSR count). The average Bonchev–Trinajstić information content (AvgIpc) is 3.48. The van der Waals surface area contributed by atoms with Crippen molar-refractivity contribution in [2.24, 2.45) is 7.05 Å². The monoisotopic (exact) mass is 721 g/mol. The minimum absolute atomic E-state index is 0.00894. The van der Waals surface area contributed by atoms with Crippen molar-refractivity contribution in [1.82, 2.24) is 19.3 Å². The molecule has 54 heavy (non-hydrogen) atoms. The molecule has 0 spiro atoms. The van der Waals surface area contributed by atoms with Crippen molar-refractivity contribution in [1.29, 1.82) is 0 Å². The number of carbonyl (C=O) groups is 3. The van der Waals surface area contributed by atoms with Gasteiger partial charge >= 0.3 is 0 Å². The van der Waals surface area contributed by atoms with E-state index in [1.807, 2.05) is 89.0 Å². The third-order valence-electron chi connectivity index (χ3n) is 11.4. The Balaban J connectivity index is 1.23. The van der Waals surface area contributed by atoms with E-state index >= 15 is 0 Å². The van der Waals surface area contributed by atoms with E-state index < -0.39 is 0 Å². The summed E-state index contributed by atoms with van der Waals surface area (Å²) in [4.78, 5) is 50.3. The number of carbonyl (C=O) groups excluding carboxylic acids is 3. The first-order valence-corrected chi connectivity index (χ1v) is 19.0. The molecular weight excluding hydrogens is 671 g/mol.